The van der Waals surface area contributed by atoms with Gasteiger partial charge in [0.05, 0.1) is 5.56 Å². The molecule has 1 aliphatic rings. The number of carbonyl (C=O) groups is 1. The first-order valence-corrected chi connectivity index (χ1v) is 8.56. The van der Waals surface area contributed by atoms with Gasteiger partial charge >= 0.3 is 6.18 Å². The van der Waals surface area contributed by atoms with Crippen molar-refractivity contribution >= 4 is 22.6 Å². The molecule has 1 aliphatic heterocycles. The third kappa shape index (κ3) is 3.60. The monoisotopic (exact) mass is 374 g/mol. The Bertz CT molecular complexity index is 965. The molecule has 3 aromatic rings. The van der Waals surface area contributed by atoms with E-state index in [0.29, 0.717) is 30.9 Å². The second-order valence-corrected chi connectivity index (χ2v) is 6.59. The van der Waals surface area contributed by atoms with Gasteiger partial charge in [-0.15, -0.1) is 0 Å². The second-order valence-electron chi connectivity index (χ2n) is 6.59. The first-order chi connectivity index (χ1) is 12.9. The number of pyridine rings is 1. The Kier molecular flexibility index (Phi) is 4.25. The Balaban J connectivity index is 1.39. The second kappa shape index (κ2) is 6.61. The number of rotatable bonds is 3. The zero-order valence-corrected chi connectivity index (χ0v) is 14.3. The van der Waals surface area contributed by atoms with E-state index in [4.69, 9.17) is 0 Å². The van der Waals surface area contributed by atoms with E-state index >= 15 is 0 Å². The molecule has 3 heterocycles. The summed E-state index contributed by atoms with van der Waals surface area (Å²) >= 11 is 0. The van der Waals surface area contributed by atoms with Crippen molar-refractivity contribution in [3.63, 3.8) is 0 Å². The molecule has 4 rings (SSSR count). The van der Waals surface area contributed by atoms with Gasteiger partial charge in [-0.2, -0.15) is 13.2 Å². The number of halogens is 3. The van der Waals surface area contributed by atoms with Gasteiger partial charge in [0.25, 0.3) is 5.91 Å². The average Bonchev–Trinajstić information content (AvgIpc) is 3.29. The standard InChI is InChI=1S/C19H17F3N4O/c20-19(21,22)14-2-4-17(24-10-14)26-8-6-15(11-26)25-18(27)13-1-3-16-12(9-13)5-7-23-16/h1-5,7,9-10,15,23H,6,8,11H2,(H,25,27). The number of fused-ring (bicyclic) bond motifs is 1. The third-order valence-corrected chi connectivity index (χ3v) is 4.74. The van der Waals surface area contributed by atoms with Crippen LogP contribution < -0.4 is 10.2 Å². The number of aromatic nitrogens is 2. The summed E-state index contributed by atoms with van der Waals surface area (Å²) in [5.74, 6) is 0.318. The summed E-state index contributed by atoms with van der Waals surface area (Å²) in [5.41, 5.74) is 0.774. The molecule has 1 fully saturated rings. The molecule has 0 spiro atoms. The number of benzene rings is 1. The van der Waals surface area contributed by atoms with E-state index in [1.54, 1.807) is 6.07 Å². The van der Waals surface area contributed by atoms with Crippen LogP contribution in [0.15, 0.2) is 48.8 Å². The van der Waals surface area contributed by atoms with Gasteiger partial charge in [0.15, 0.2) is 0 Å². The smallest absolute Gasteiger partial charge is 0.361 e. The molecule has 1 unspecified atom stereocenters. The fourth-order valence-corrected chi connectivity index (χ4v) is 3.29. The fraction of sp³-hybridized carbons (Fsp3) is 0.263. The van der Waals surface area contributed by atoms with Crippen LogP contribution in [0.1, 0.15) is 22.3 Å². The molecule has 27 heavy (non-hydrogen) atoms. The van der Waals surface area contributed by atoms with Gasteiger partial charge in [0.1, 0.15) is 5.82 Å². The molecule has 0 radical (unpaired) electrons. The van der Waals surface area contributed by atoms with Crippen molar-refractivity contribution in [3.05, 3.63) is 59.9 Å². The van der Waals surface area contributed by atoms with E-state index in [0.717, 1.165) is 23.2 Å². The van der Waals surface area contributed by atoms with E-state index in [1.807, 2.05) is 29.3 Å². The van der Waals surface area contributed by atoms with Crippen molar-refractivity contribution in [2.45, 2.75) is 18.6 Å². The SMILES string of the molecule is O=C(NC1CCN(c2ccc(C(F)(F)F)cn2)C1)c1ccc2[nH]ccc2c1. The fourth-order valence-electron chi connectivity index (χ4n) is 3.29. The van der Waals surface area contributed by atoms with Crippen LogP contribution in [0.5, 0.6) is 0 Å². The first kappa shape index (κ1) is 17.4. The maximum Gasteiger partial charge on any atom is 0.417 e. The molecule has 1 saturated heterocycles. The van der Waals surface area contributed by atoms with Gasteiger partial charge in [0.2, 0.25) is 0 Å². The van der Waals surface area contributed by atoms with Crippen LogP contribution in [0.25, 0.3) is 10.9 Å². The minimum Gasteiger partial charge on any atom is -0.361 e. The number of aromatic amines is 1. The number of hydrogen-bond donors (Lipinski definition) is 2. The summed E-state index contributed by atoms with van der Waals surface area (Å²) in [6.45, 7) is 1.14. The maximum absolute atomic E-state index is 12.6. The summed E-state index contributed by atoms with van der Waals surface area (Å²) in [7, 11) is 0. The lowest BCUT2D eigenvalue weighted by Crippen LogP contribution is -2.37. The number of hydrogen-bond acceptors (Lipinski definition) is 3. The molecule has 2 aromatic heterocycles. The Morgan fingerprint density at radius 3 is 2.81 bits per heavy atom. The van der Waals surface area contributed by atoms with E-state index < -0.39 is 11.7 Å². The molecule has 0 bridgehead atoms. The zero-order chi connectivity index (χ0) is 19.0. The largest absolute Gasteiger partial charge is 0.417 e. The number of carbonyl (C=O) groups excluding carboxylic acids is 1. The van der Waals surface area contributed by atoms with E-state index in [-0.39, 0.29) is 11.9 Å². The maximum atomic E-state index is 12.6. The molecule has 1 amide bonds. The van der Waals surface area contributed by atoms with Gasteiger partial charge in [-0.05, 0) is 42.8 Å². The lowest BCUT2D eigenvalue weighted by molar-refractivity contribution is -0.137. The first-order valence-electron chi connectivity index (χ1n) is 8.56. The molecular weight excluding hydrogens is 357 g/mol. The molecule has 0 aliphatic carbocycles. The minimum atomic E-state index is -4.40. The van der Waals surface area contributed by atoms with Gasteiger partial charge in [-0.25, -0.2) is 4.98 Å². The van der Waals surface area contributed by atoms with E-state index in [9.17, 15) is 18.0 Å². The predicted molar refractivity (Wildman–Crippen MR) is 95.6 cm³/mol. The Labute approximate surface area is 153 Å². The molecule has 0 saturated carbocycles. The van der Waals surface area contributed by atoms with Crippen molar-refractivity contribution in [2.24, 2.45) is 0 Å². The Hall–Kier alpha value is -3.03. The van der Waals surface area contributed by atoms with Crippen LogP contribution in [0.3, 0.4) is 0 Å². The summed E-state index contributed by atoms with van der Waals surface area (Å²) in [6, 6.07) is 9.66. The van der Waals surface area contributed by atoms with Crippen molar-refractivity contribution in [1.29, 1.82) is 0 Å². The van der Waals surface area contributed by atoms with Crippen molar-refractivity contribution < 1.29 is 18.0 Å². The predicted octanol–water partition coefficient (Wildman–Crippen LogP) is 3.59. The van der Waals surface area contributed by atoms with Gasteiger partial charge in [-0.3, -0.25) is 4.79 Å². The molecule has 8 heteroatoms. The number of H-pyrrole nitrogens is 1. The highest BCUT2D eigenvalue weighted by atomic mass is 19.4. The van der Waals surface area contributed by atoms with Crippen molar-refractivity contribution in [3.8, 4) is 0 Å². The number of anilines is 1. The minimum absolute atomic E-state index is 0.0801. The molecular formula is C19H17F3N4O. The van der Waals surface area contributed by atoms with Crippen LogP contribution in [0.2, 0.25) is 0 Å². The Morgan fingerprint density at radius 1 is 1.22 bits per heavy atom. The topological polar surface area (TPSA) is 61.0 Å². The van der Waals surface area contributed by atoms with Crippen LogP contribution in [-0.2, 0) is 6.18 Å². The van der Waals surface area contributed by atoms with E-state index in [1.165, 1.54) is 6.07 Å². The lowest BCUT2D eigenvalue weighted by atomic mass is 10.1. The summed E-state index contributed by atoms with van der Waals surface area (Å²) in [4.78, 5) is 21.4. The number of amides is 1. The highest BCUT2D eigenvalue weighted by Crippen LogP contribution is 2.30. The van der Waals surface area contributed by atoms with Crippen LogP contribution in [-0.4, -0.2) is 35.0 Å². The van der Waals surface area contributed by atoms with Crippen LogP contribution in [0, 0.1) is 0 Å². The number of nitrogens with one attached hydrogen (secondary N) is 2. The quantitative estimate of drug-likeness (QED) is 0.737. The van der Waals surface area contributed by atoms with Crippen molar-refractivity contribution in [2.75, 3.05) is 18.0 Å². The normalized spacial score (nSPS) is 17.4. The summed E-state index contributed by atoms with van der Waals surface area (Å²) < 4.78 is 37.9. The summed E-state index contributed by atoms with van der Waals surface area (Å²) in [6.07, 6.45) is -1.03. The van der Waals surface area contributed by atoms with Crippen LogP contribution in [0.4, 0.5) is 19.0 Å². The zero-order valence-electron chi connectivity index (χ0n) is 14.3. The third-order valence-electron chi connectivity index (χ3n) is 4.74. The molecule has 5 nitrogen and oxygen atoms in total. The highest BCUT2D eigenvalue weighted by molar-refractivity contribution is 5.98. The number of nitrogens with zero attached hydrogens (tertiary/aromatic N) is 2. The van der Waals surface area contributed by atoms with E-state index in [2.05, 4.69) is 15.3 Å². The molecule has 140 valence electrons. The van der Waals surface area contributed by atoms with Crippen LogP contribution >= 0.6 is 0 Å². The van der Waals surface area contributed by atoms with Gasteiger partial charge in [-0.1, -0.05) is 0 Å². The lowest BCUT2D eigenvalue weighted by Gasteiger charge is -2.18. The Morgan fingerprint density at radius 2 is 2.07 bits per heavy atom. The molecule has 1 aromatic carbocycles. The summed E-state index contributed by atoms with van der Waals surface area (Å²) in [5, 5.41) is 3.95. The molecule has 2 N–H and O–H groups in total. The van der Waals surface area contributed by atoms with Crippen molar-refractivity contribution in [1.82, 2.24) is 15.3 Å². The molecule has 1 atom stereocenters. The highest BCUT2D eigenvalue weighted by Gasteiger charge is 2.31. The van der Waals surface area contributed by atoms with Gasteiger partial charge < -0.3 is 15.2 Å². The van der Waals surface area contributed by atoms with Gasteiger partial charge in [0, 0.05) is 48.0 Å². The average molecular weight is 374 g/mol. The number of alkyl halides is 3.